The van der Waals surface area contributed by atoms with Crippen LogP contribution >= 0.6 is 0 Å². The summed E-state index contributed by atoms with van der Waals surface area (Å²) in [5.74, 6) is 0.670. The molecule has 0 aliphatic heterocycles. The molecule has 3 rings (SSSR count). The number of aryl methyl sites for hydroxylation is 2. The summed E-state index contributed by atoms with van der Waals surface area (Å²) >= 11 is 0. The average Bonchev–Trinajstić information content (AvgIpc) is 2.45. The lowest BCUT2D eigenvalue weighted by atomic mass is 9.74. The number of benzene rings is 2. The predicted octanol–water partition coefficient (Wildman–Crippen LogP) is 4.53. The van der Waals surface area contributed by atoms with Crippen LogP contribution in [-0.4, -0.2) is 6.04 Å². The van der Waals surface area contributed by atoms with Crippen LogP contribution in [0.1, 0.15) is 41.0 Å². The molecule has 2 nitrogen and oxygen atoms in total. The zero-order valence-corrected chi connectivity index (χ0v) is 12.6. The molecule has 0 saturated heterocycles. The first-order chi connectivity index (χ1) is 10.2. The van der Waals surface area contributed by atoms with Gasteiger partial charge in [-0.25, -0.2) is 0 Å². The van der Waals surface area contributed by atoms with Crippen molar-refractivity contribution in [2.75, 3.05) is 5.32 Å². The van der Waals surface area contributed by atoms with Gasteiger partial charge in [-0.05, 0) is 61.4 Å². The molecule has 0 bridgehead atoms. The van der Waals surface area contributed by atoms with E-state index in [2.05, 4.69) is 49.5 Å². The maximum atomic E-state index is 9.00. The van der Waals surface area contributed by atoms with Crippen molar-refractivity contribution >= 4 is 5.69 Å². The van der Waals surface area contributed by atoms with Gasteiger partial charge in [-0.1, -0.05) is 30.3 Å². The van der Waals surface area contributed by atoms with Gasteiger partial charge >= 0.3 is 0 Å². The van der Waals surface area contributed by atoms with Crippen molar-refractivity contribution in [3.63, 3.8) is 0 Å². The van der Waals surface area contributed by atoms with Gasteiger partial charge in [0.1, 0.15) is 0 Å². The summed E-state index contributed by atoms with van der Waals surface area (Å²) in [6.07, 6.45) is 2.34. The van der Waals surface area contributed by atoms with Gasteiger partial charge in [-0.3, -0.25) is 0 Å². The number of nitrogens with zero attached hydrogens (tertiary/aromatic N) is 1. The Morgan fingerprint density at radius 1 is 1.05 bits per heavy atom. The second-order valence-electron chi connectivity index (χ2n) is 6.01. The second-order valence-corrected chi connectivity index (χ2v) is 6.01. The molecular weight excluding hydrogens is 256 g/mol. The number of nitriles is 1. The van der Waals surface area contributed by atoms with Gasteiger partial charge in [0.05, 0.1) is 11.6 Å². The number of rotatable bonds is 3. The minimum absolute atomic E-state index is 0.516. The Morgan fingerprint density at radius 3 is 2.52 bits per heavy atom. The summed E-state index contributed by atoms with van der Waals surface area (Å²) in [4.78, 5) is 0. The quantitative estimate of drug-likeness (QED) is 0.893. The van der Waals surface area contributed by atoms with Crippen LogP contribution in [0.2, 0.25) is 0 Å². The van der Waals surface area contributed by atoms with Crippen molar-refractivity contribution in [3.05, 3.63) is 64.7 Å². The maximum Gasteiger partial charge on any atom is 0.0992 e. The SMILES string of the molecule is Cc1ccc(C#N)cc1NC1CC(c2ccccc2C)C1. The van der Waals surface area contributed by atoms with Gasteiger partial charge in [-0.15, -0.1) is 0 Å². The molecule has 1 aliphatic rings. The molecule has 1 N–H and O–H groups in total. The lowest BCUT2D eigenvalue weighted by molar-refractivity contribution is 0.373. The van der Waals surface area contributed by atoms with E-state index in [1.807, 2.05) is 18.2 Å². The number of hydrogen-bond donors (Lipinski definition) is 1. The normalized spacial score (nSPS) is 20.4. The van der Waals surface area contributed by atoms with Gasteiger partial charge in [0.15, 0.2) is 0 Å². The Labute approximate surface area is 126 Å². The lowest BCUT2D eigenvalue weighted by Gasteiger charge is -2.38. The summed E-state index contributed by atoms with van der Waals surface area (Å²) in [7, 11) is 0. The van der Waals surface area contributed by atoms with Gasteiger partial charge < -0.3 is 5.32 Å². The molecule has 0 spiro atoms. The van der Waals surface area contributed by atoms with E-state index in [0.717, 1.165) is 11.3 Å². The fourth-order valence-electron chi connectivity index (χ4n) is 3.10. The molecule has 0 heterocycles. The molecule has 2 aromatic carbocycles. The van der Waals surface area contributed by atoms with Crippen LogP contribution in [0.15, 0.2) is 42.5 Å². The molecule has 0 unspecified atom stereocenters. The van der Waals surface area contributed by atoms with Crippen LogP contribution in [-0.2, 0) is 0 Å². The number of anilines is 1. The summed E-state index contributed by atoms with van der Waals surface area (Å²) in [5, 5.41) is 12.6. The maximum absolute atomic E-state index is 9.00. The summed E-state index contributed by atoms with van der Waals surface area (Å²) in [6, 6.07) is 17.2. The van der Waals surface area contributed by atoms with Crippen LogP contribution in [0.25, 0.3) is 0 Å². The average molecular weight is 276 g/mol. The highest BCUT2D eigenvalue weighted by Gasteiger charge is 2.31. The monoisotopic (exact) mass is 276 g/mol. The fraction of sp³-hybridized carbons (Fsp3) is 0.316. The van der Waals surface area contributed by atoms with E-state index in [1.165, 1.54) is 29.5 Å². The fourth-order valence-corrected chi connectivity index (χ4v) is 3.10. The number of hydrogen-bond acceptors (Lipinski definition) is 2. The molecule has 1 fully saturated rings. The molecule has 0 atom stereocenters. The minimum Gasteiger partial charge on any atom is -0.382 e. The van der Waals surface area contributed by atoms with Crippen molar-refractivity contribution in [1.29, 1.82) is 5.26 Å². The first-order valence-electron chi connectivity index (χ1n) is 7.50. The Bertz CT molecular complexity index is 691. The number of nitrogens with one attached hydrogen (secondary N) is 1. The van der Waals surface area contributed by atoms with E-state index < -0.39 is 0 Å². The van der Waals surface area contributed by atoms with E-state index in [-0.39, 0.29) is 0 Å². The zero-order valence-electron chi connectivity index (χ0n) is 12.6. The molecule has 2 heteroatoms. The molecule has 1 saturated carbocycles. The third-order valence-electron chi connectivity index (χ3n) is 4.49. The molecular formula is C19H20N2. The third-order valence-corrected chi connectivity index (χ3v) is 4.49. The third kappa shape index (κ3) is 2.78. The lowest BCUT2D eigenvalue weighted by Crippen LogP contribution is -2.34. The standard InChI is InChI=1S/C19H20N2/c1-13-5-3-4-6-18(13)16-10-17(11-16)21-19-9-15(12-20)8-7-14(19)2/h3-9,16-17,21H,10-11H2,1-2H3. The molecule has 0 radical (unpaired) electrons. The van der Waals surface area contributed by atoms with Crippen molar-refractivity contribution in [2.24, 2.45) is 0 Å². The largest absolute Gasteiger partial charge is 0.382 e. The molecule has 1 aliphatic carbocycles. The molecule has 0 amide bonds. The summed E-state index contributed by atoms with van der Waals surface area (Å²) in [6.45, 7) is 4.28. The van der Waals surface area contributed by atoms with Gasteiger partial charge in [0, 0.05) is 11.7 Å². The van der Waals surface area contributed by atoms with E-state index >= 15 is 0 Å². The minimum atomic E-state index is 0.516. The molecule has 0 aromatic heterocycles. The van der Waals surface area contributed by atoms with Crippen LogP contribution in [0.4, 0.5) is 5.69 Å². The highest BCUT2D eigenvalue weighted by Crippen LogP contribution is 2.40. The summed E-state index contributed by atoms with van der Waals surface area (Å²) < 4.78 is 0. The first-order valence-corrected chi connectivity index (χ1v) is 7.50. The second kappa shape index (κ2) is 5.61. The van der Waals surface area contributed by atoms with Gasteiger partial charge in [0.25, 0.3) is 0 Å². The first kappa shape index (κ1) is 13.7. The Balaban J connectivity index is 1.66. The van der Waals surface area contributed by atoms with Crippen LogP contribution in [0.5, 0.6) is 0 Å². The topological polar surface area (TPSA) is 35.8 Å². The Hall–Kier alpha value is -2.27. The highest BCUT2D eigenvalue weighted by atomic mass is 14.9. The van der Waals surface area contributed by atoms with Crippen molar-refractivity contribution in [1.82, 2.24) is 0 Å². The van der Waals surface area contributed by atoms with Crippen LogP contribution in [0.3, 0.4) is 0 Å². The molecule has 106 valence electrons. The van der Waals surface area contributed by atoms with Gasteiger partial charge in [-0.2, -0.15) is 5.26 Å². The van der Waals surface area contributed by atoms with Crippen molar-refractivity contribution in [3.8, 4) is 6.07 Å². The summed E-state index contributed by atoms with van der Waals surface area (Å²) in [5.41, 5.74) is 5.90. The molecule has 21 heavy (non-hydrogen) atoms. The Morgan fingerprint density at radius 2 is 1.81 bits per heavy atom. The van der Waals surface area contributed by atoms with Gasteiger partial charge in [0.2, 0.25) is 0 Å². The zero-order chi connectivity index (χ0) is 14.8. The van der Waals surface area contributed by atoms with Crippen LogP contribution < -0.4 is 5.32 Å². The van der Waals surface area contributed by atoms with Crippen molar-refractivity contribution in [2.45, 2.75) is 38.6 Å². The van der Waals surface area contributed by atoms with E-state index in [9.17, 15) is 0 Å². The van der Waals surface area contributed by atoms with Crippen molar-refractivity contribution < 1.29 is 0 Å². The molecule has 2 aromatic rings. The predicted molar refractivity (Wildman–Crippen MR) is 86.5 cm³/mol. The highest BCUT2D eigenvalue weighted by molar-refractivity contribution is 5.56. The van der Waals surface area contributed by atoms with Crippen LogP contribution in [0, 0.1) is 25.2 Å². The van der Waals surface area contributed by atoms with E-state index in [4.69, 9.17) is 5.26 Å². The smallest absolute Gasteiger partial charge is 0.0992 e. The van der Waals surface area contributed by atoms with E-state index in [1.54, 1.807) is 0 Å². The van der Waals surface area contributed by atoms with E-state index in [0.29, 0.717) is 12.0 Å². The Kier molecular flexibility index (Phi) is 3.66.